The maximum absolute atomic E-state index is 11.2. The van der Waals surface area contributed by atoms with Crippen LogP contribution in [0.2, 0.25) is 0 Å². The zero-order valence-electron chi connectivity index (χ0n) is 23.2. The van der Waals surface area contributed by atoms with Crippen LogP contribution in [0, 0.1) is 0 Å². The molecule has 1 N–H and O–H groups in total. The van der Waals surface area contributed by atoms with Gasteiger partial charge in [-0.05, 0) is 65.1 Å². The van der Waals surface area contributed by atoms with Crippen molar-refractivity contribution in [1.82, 2.24) is 0 Å². The fourth-order valence-corrected chi connectivity index (χ4v) is 6.51. The topological polar surface area (TPSA) is 55.8 Å². The van der Waals surface area contributed by atoms with Crippen molar-refractivity contribution in [2.45, 2.75) is 13.3 Å². The predicted octanol–water partition coefficient (Wildman–Crippen LogP) is 9.36. The Balaban J connectivity index is 1.36. The van der Waals surface area contributed by atoms with E-state index in [0.717, 1.165) is 34.4 Å². The molecule has 0 spiro atoms. The predicted molar refractivity (Wildman–Crippen MR) is 172 cm³/mol. The third-order valence-corrected chi connectivity index (χ3v) is 8.36. The SMILES string of the molecule is CCOc1ccc(-c2cc(-c3ccc(-c4c(Cc5ccccc5)sc5ccccc45)cc3)ccc2OCC(=O)O)cc1. The van der Waals surface area contributed by atoms with E-state index >= 15 is 0 Å². The number of ether oxygens (including phenoxy) is 2. The Morgan fingerprint density at radius 3 is 2.12 bits per heavy atom. The van der Waals surface area contributed by atoms with E-state index in [-0.39, 0.29) is 0 Å². The van der Waals surface area contributed by atoms with Crippen molar-refractivity contribution < 1.29 is 19.4 Å². The number of hydrogen-bond donors (Lipinski definition) is 1. The lowest BCUT2D eigenvalue weighted by atomic mass is 9.95. The van der Waals surface area contributed by atoms with Crippen molar-refractivity contribution in [3.63, 3.8) is 0 Å². The summed E-state index contributed by atoms with van der Waals surface area (Å²) in [4.78, 5) is 12.6. The molecule has 0 aliphatic heterocycles. The van der Waals surface area contributed by atoms with E-state index in [0.29, 0.717) is 12.4 Å². The van der Waals surface area contributed by atoms with Gasteiger partial charge in [-0.2, -0.15) is 0 Å². The van der Waals surface area contributed by atoms with E-state index in [1.807, 2.05) is 54.7 Å². The molecule has 0 atom stereocenters. The number of carboxylic acids is 1. The molecule has 6 rings (SSSR count). The average molecular weight is 571 g/mol. The van der Waals surface area contributed by atoms with Gasteiger partial charge >= 0.3 is 5.97 Å². The van der Waals surface area contributed by atoms with Gasteiger partial charge in [0.05, 0.1) is 6.61 Å². The summed E-state index contributed by atoms with van der Waals surface area (Å²) in [5.41, 5.74) is 7.62. The number of benzene rings is 5. The van der Waals surface area contributed by atoms with Gasteiger partial charge in [0, 0.05) is 32.5 Å². The Kier molecular flexibility index (Phi) is 8.02. The Bertz CT molecular complexity index is 1820. The van der Waals surface area contributed by atoms with Crippen molar-refractivity contribution in [3.8, 4) is 44.9 Å². The zero-order valence-corrected chi connectivity index (χ0v) is 24.1. The summed E-state index contributed by atoms with van der Waals surface area (Å²) in [6.45, 7) is 2.14. The van der Waals surface area contributed by atoms with Crippen molar-refractivity contribution in [2.24, 2.45) is 0 Å². The van der Waals surface area contributed by atoms with Crippen LogP contribution in [0.3, 0.4) is 0 Å². The molecule has 5 aromatic carbocycles. The van der Waals surface area contributed by atoms with Crippen molar-refractivity contribution in [3.05, 3.63) is 132 Å². The second-order valence-electron chi connectivity index (χ2n) is 9.99. The van der Waals surface area contributed by atoms with Gasteiger partial charge < -0.3 is 14.6 Å². The second kappa shape index (κ2) is 12.3. The molecule has 0 amide bonds. The Morgan fingerprint density at radius 1 is 0.714 bits per heavy atom. The van der Waals surface area contributed by atoms with Crippen LogP contribution in [0.4, 0.5) is 0 Å². The van der Waals surface area contributed by atoms with Gasteiger partial charge in [0.15, 0.2) is 6.61 Å². The van der Waals surface area contributed by atoms with Gasteiger partial charge in [-0.3, -0.25) is 0 Å². The standard InChI is InChI=1S/C37H30O4S/c1-2-40-30-19-16-27(17-20-30)32-23-29(18-21-33(32)41-24-36(38)39)26-12-14-28(15-13-26)37-31-10-6-7-11-34(31)42-35(37)22-25-8-4-3-5-9-25/h3-21,23H,2,22,24H2,1H3,(H,38,39). The number of aliphatic carboxylic acids is 1. The molecule has 1 aromatic heterocycles. The Hall–Kier alpha value is -4.87. The normalized spacial score (nSPS) is 11.0. The maximum atomic E-state index is 11.2. The largest absolute Gasteiger partial charge is 0.494 e. The molecule has 1 heterocycles. The van der Waals surface area contributed by atoms with Gasteiger partial charge in [-0.1, -0.05) is 91.0 Å². The molecule has 0 bridgehead atoms. The van der Waals surface area contributed by atoms with Crippen LogP contribution in [0.1, 0.15) is 17.4 Å². The lowest BCUT2D eigenvalue weighted by Crippen LogP contribution is -2.10. The summed E-state index contributed by atoms with van der Waals surface area (Å²) in [5, 5.41) is 10.5. The van der Waals surface area contributed by atoms with E-state index < -0.39 is 12.6 Å². The molecule has 5 heteroatoms. The van der Waals surface area contributed by atoms with E-state index in [2.05, 4.69) is 84.9 Å². The van der Waals surface area contributed by atoms with Gasteiger partial charge in [0.25, 0.3) is 0 Å². The van der Waals surface area contributed by atoms with Crippen molar-refractivity contribution in [1.29, 1.82) is 0 Å². The molecule has 0 saturated heterocycles. The lowest BCUT2D eigenvalue weighted by Gasteiger charge is -2.14. The van der Waals surface area contributed by atoms with Crippen LogP contribution in [0.15, 0.2) is 121 Å². The highest BCUT2D eigenvalue weighted by Gasteiger charge is 2.16. The number of carboxylic acid groups (broad SMARTS) is 1. The zero-order chi connectivity index (χ0) is 28.9. The maximum Gasteiger partial charge on any atom is 0.341 e. The van der Waals surface area contributed by atoms with Crippen molar-refractivity contribution >= 4 is 27.4 Å². The smallest absolute Gasteiger partial charge is 0.341 e. The van der Waals surface area contributed by atoms with Gasteiger partial charge in [-0.15, -0.1) is 11.3 Å². The van der Waals surface area contributed by atoms with Crippen LogP contribution >= 0.6 is 11.3 Å². The minimum atomic E-state index is -1.01. The molecular weight excluding hydrogens is 540 g/mol. The molecule has 0 radical (unpaired) electrons. The van der Waals surface area contributed by atoms with Gasteiger partial charge in [-0.25, -0.2) is 4.79 Å². The van der Waals surface area contributed by atoms with E-state index in [1.54, 1.807) is 0 Å². The van der Waals surface area contributed by atoms with E-state index in [4.69, 9.17) is 9.47 Å². The first-order valence-electron chi connectivity index (χ1n) is 14.0. The number of hydrogen-bond acceptors (Lipinski definition) is 4. The summed E-state index contributed by atoms with van der Waals surface area (Å²) in [7, 11) is 0. The summed E-state index contributed by atoms with van der Waals surface area (Å²) < 4.78 is 12.6. The third-order valence-electron chi connectivity index (χ3n) is 7.19. The summed E-state index contributed by atoms with van der Waals surface area (Å²) in [6, 6.07) is 41.6. The van der Waals surface area contributed by atoms with Gasteiger partial charge in [0.2, 0.25) is 0 Å². The molecule has 0 unspecified atom stereocenters. The average Bonchev–Trinajstić information content (AvgIpc) is 3.39. The minimum absolute atomic E-state index is 0.405. The van der Waals surface area contributed by atoms with Crippen LogP contribution in [0.25, 0.3) is 43.5 Å². The monoisotopic (exact) mass is 570 g/mol. The number of rotatable bonds is 10. The highest BCUT2D eigenvalue weighted by molar-refractivity contribution is 7.19. The molecular formula is C37H30O4S. The molecule has 0 fully saturated rings. The van der Waals surface area contributed by atoms with E-state index in [9.17, 15) is 9.90 Å². The second-order valence-corrected chi connectivity index (χ2v) is 11.1. The minimum Gasteiger partial charge on any atom is -0.494 e. The number of fused-ring (bicyclic) bond motifs is 1. The summed E-state index contributed by atoms with van der Waals surface area (Å²) >= 11 is 1.86. The highest BCUT2D eigenvalue weighted by atomic mass is 32.1. The van der Waals surface area contributed by atoms with Gasteiger partial charge in [0.1, 0.15) is 11.5 Å². The first kappa shape index (κ1) is 27.3. The van der Waals surface area contributed by atoms with Crippen LogP contribution in [-0.2, 0) is 11.2 Å². The Morgan fingerprint density at radius 2 is 1.38 bits per heavy atom. The summed E-state index contributed by atoms with van der Waals surface area (Å²) in [5.74, 6) is 0.297. The third kappa shape index (κ3) is 5.92. The molecule has 6 aromatic rings. The first-order chi connectivity index (χ1) is 20.6. The first-order valence-corrected chi connectivity index (χ1v) is 14.8. The van der Waals surface area contributed by atoms with Crippen LogP contribution in [-0.4, -0.2) is 24.3 Å². The number of thiophene rings is 1. The highest BCUT2D eigenvalue weighted by Crippen LogP contribution is 2.41. The number of carbonyl (C=O) groups is 1. The summed E-state index contributed by atoms with van der Waals surface area (Å²) in [6.07, 6.45) is 0.889. The molecule has 4 nitrogen and oxygen atoms in total. The van der Waals surface area contributed by atoms with Crippen LogP contribution < -0.4 is 9.47 Å². The molecule has 0 aliphatic rings. The lowest BCUT2D eigenvalue weighted by molar-refractivity contribution is -0.139. The fraction of sp³-hybridized carbons (Fsp3) is 0.108. The molecule has 0 aliphatic carbocycles. The van der Waals surface area contributed by atoms with Crippen LogP contribution in [0.5, 0.6) is 11.5 Å². The fourth-order valence-electron chi connectivity index (χ4n) is 5.25. The molecule has 208 valence electrons. The van der Waals surface area contributed by atoms with E-state index in [1.165, 1.54) is 31.7 Å². The van der Waals surface area contributed by atoms with Crippen molar-refractivity contribution in [2.75, 3.05) is 13.2 Å². The Labute approximate surface area is 249 Å². The quantitative estimate of drug-likeness (QED) is 0.178. The molecule has 0 saturated carbocycles. The molecule has 42 heavy (non-hydrogen) atoms.